The molecule has 1 heterocycles. The Morgan fingerprint density at radius 1 is 1.06 bits per heavy atom. The fourth-order valence-corrected chi connectivity index (χ4v) is 3.34. The first-order valence-corrected chi connectivity index (χ1v) is 9.70. The van der Waals surface area contributed by atoms with Crippen molar-refractivity contribution >= 4 is 28.5 Å². The molecule has 0 unspecified atom stereocenters. The van der Waals surface area contributed by atoms with Crippen molar-refractivity contribution in [3.63, 3.8) is 0 Å². The van der Waals surface area contributed by atoms with Gasteiger partial charge in [0.15, 0.2) is 5.76 Å². The largest absolute Gasteiger partial charge is 0.497 e. The van der Waals surface area contributed by atoms with Crippen LogP contribution in [0.1, 0.15) is 15.9 Å². The lowest BCUT2D eigenvalue weighted by Gasteiger charge is -2.12. The lowest BCUT2D eigenvalue weighted by atomic mass is 10.1. The van der Waals surface area contributed by atoms with Gasteiger partial charge in [-0.05, 0) is 60.2 Å². The standard InChI is InChI=1S/C24H17ClO6/c1-29-18-8-5-15(6-9-18)22-23(21(26)19-12-17(25)7-10-20(19)31-22)30-13-14-3-2-4-16(11-14)24(27)28/h2-12H,13H2,1H3,(H,27,28). The minimum absolute atomic E-state index is 0.0128. The van der Waals surface area contributed by atoms with E-state index in [1.54, 1.807) is 55.6 Å². The van der Waals surface area contributed by atoms with Crippen molar-refractivity contribution in [3.05, 3.63) is 93.1 Å². The zero-order valence-electron chi connectivity index (χ0n) is 16.4. The van der Waals surface area contributed by atoms with Crippen LogP contribution in [-0.2, 0) is 6.61 Å². The molecule has 0 bridgehead atoms. The van der Waals surface area contributed by atoms with E-state index in [2.05, 4.69) is 0 Å². The van der Waals surface area contributed by atoms with Gasteiger partial charge in [-0.1, -0.05) is 23.7 Å². The summed E-state index contributed by atoms with van der Waals surface area (Å²) >= 11 is 6.06. The summed E-state index contributed by atoms with van der Waals surface area (Å²) in [7, 11) is 1.56. The zero-order chi connectivity index (χ0) is 22.0. The van der Waals surface area contributed by atoms with E-state index >= 15 is 0 Å². The first-order chi connectivity index (χ1) is 15.0. The summed E-state index contributed by atoms with van der Waals surface area (Å²) in [5.74, 6) is -0.107. The highest BCUT2D eigenvalue weighted by Crippen LogP contribution is 2.33. The van der Waals surface area contributed by atoms with E-state index in [1.165, 1.54) is 18.2 Å². The Bertz CT molecular complexity index is 1320. The molecule has 0 spiro atoms. The van der Waals surface area contributed by atoms with E-state index in [1.807, 2.05) is 0 Å². The second-order valence-electron chi connectivity index (χ2n) is 6.75. The van der Waals surface area contributed by atoms with Gasteiger partial charge in [0.1, 0.15) is 17.9 Å². The van der Waals surface area contributed by atoms with Crippen LogP contribution in [0.15, 0.2) is 75.9 Å². The van der Waals surface area contributed by atoms with Crippen molar-refractivity contribution in [2.75, 3.05) is 7.11 Å². The van der Waals surface area contributed by atoms with Crippen LogP contribution in [0.2, 0.25) is 5.02 Å². The summed E-state index contributed by atoms with van der Waals surface area (Å²) in [6.45, 7) is -0.0128. The van der Waals surface area contributed by atoms with Crippen LogP contribution in [0, 0.1) is 0 Å². The van der Waals surface area contributed by atoms with Gasteiger partial charge < -0.3 is 19.0 Å². The minimum atomic E-state index is -1.04. The number of aromatic carboxylic acids is 1. The van der Waals surface area contributed by atoms with E-state index in [0.29, 0.717) is 32.9 Å². The first kappa shape index (κ1) is 20.5. The number of carbonyl (C=O) groups is 1. The Morgan fingerprint density at radius 2 is 1.84 bits per heavy atom. The number of carboxylic acid groups (broad SMARTS) is 1. The second kappa shape index (κ2) is 8.53. The third kappa shape index (κ3) is 4.25. The molecule has 4 aromatic rings. The molecule has 3 aromatic carbocycles. The molecule has 1 N–H and O–H groups in total. The van der Waals surface area contributed by atoms with E-state index in [4.69, 9.17) is 25.5 Å². The SMILES string of the molecule is COc1ccc(-c2oc3ccc(Cl)cc3c(=O)c2OCc2cccc(C(=O)O)c2)cc1. The van der Waals surface area contributed by atoms with Gasteiger partial charge in [0.25, 0.3) is 0 Å². The summed E-state index contributed by atoms with van der Waals surface area (Å²) in [5, 5.41) is 9.88. The molecule has 1 aromatic heterocycles. The summed E-state index contributed by atoms with van der Waals surface area (Å²) < 4.78 is 17.1. The molecular weight excluding hydrogens is 420 g/mol. The number of methoxy groups -OCH3 is 1. The van der Waals surface area contributed by atoms with Gasteiger partial charge >= 0.3 is 5.97 Å². The third-order valence-corrected chi connectivity index (χ3v) is 4.96. The van der Waals surface area contributed by atoms with Crippen molar-refractivity contribution in [2.45, 2.75) is 6.61 Å². The summed E-state index contributed by atoms with van der Waals surface area (Å²) in [6, 6.07) is 18.1. The van der Waals surface area contributed by atoms with Crippen LogP contribution in [0.25, 0.3) is 22.3 Å². The average Bonchev–Trinajstić information content (AvgIpc) is 2.79. The molecule has 156 valence electrons. The molecule has 0 aliphatic heterocycles. The lowest BCUT2D eigenvalue weighted by molar-refractivity contribution is 0.0696. The van der Waals surface area contributed by atoms with Crippen LogP contribution in [0.5, 0.6) is 11.5 Å². The van der Waals surface area contributed by atoms with Gasteiger partial charge in [-0.25, -0.2) is 4.79 Å². The molecule has 0 fully saturated rings. The first-order valence-electron chi connectivity index (χ1n) is 9.32. The number of hydrogen-bond acceptors (Lipinski definition) is 5. The molecule has 0 atom stereocenters. The van der Waals surface area contributed by atoms with Gasteiger partial charge in [-0.15, -0.1) is 0 Å². The molecule has 31 heavy (non-hydrogen) atoms. The molecule has 0 saturated heterocycles. The highest BCUT2D eigenvalue weighted by molar-refractivity contribution is 6.31. The van der Waals surface area contributed by atoms with E-state index in [-0.39, 0.29) is 29.1 Å². The average molecular weight is 437 g/mol. The predicted octanol–water partition coefficient (Wildman–Crippen LogP) is 5.40. The van der Waals surface area contributed by atoms with E-state index < -0.39 is 5.97 Å². The maximum Gasteiger partial charge on any atom is 0.335 e. The fraction of sp³-hybridized carbons (Fsp3) is 0.0833. The van der Waals surface area contributed by atoms with Crippen molar-refractivity contribution in [1.82, 2.24) is 0 Å². The van der Waals surface area contributed by atoms with Crippen molar-refractivity contribution < 1.29 is 23.8 Å². The number of fused-ring (bicyclic) bond motifs is 1. The number of halogens is 1. The Hall–Kier alpha value is -3.77. The molecule has 0 saturated carbocycles. The quantitative estimate of drug-likeness (QED) is 0.435. The highest BCUT2D eigenvalue weighted by atomic mass is 35.5. The van der Waals surface area contributed by atoms with Crippen LogP contribution in [0.3, 0.4) is 0 Å². The normalized spacial score (nSPS) is 10.8. The zero-order valence-corrected chi connectivity index (χ0v) is 17.2. The highest BCUT2D eigenvalue weighted by Gasteiger charge is 2.18. The lowest BCUT2D eigenvalue weighted by Crippen LogP contribution is -2.10. The Labute approximate surface area is 182 Å². The fourth-order valence-electron chi connectivity index (χ4n) is 3.16. The second-order valence-corrected chi connectivity index (χ2v) is 7.19. The maximum absolute atomic E-state index is 13.2. The topological polar surface area (TPSA) is 86.0 Å². The Balaban J connectivity index is 1.81. The molecule has 4 rings (SSSR count). The van der Waals surface area contributed by atoms with Crippen molar-refractivity contribution in [2.24, 2.45) is 0 Å². The number of rotatable bonds is 6. The Kier molecular flexibility index (Phi) is 5.64. The molecule has 7 heteroatoms. The molecule has 0 radical (unpaired) electrons. The third-order valence-electron chi connectivity index (χ3n) is 4.72. The van der Waals surface area contributed by atoms with Gasteiger partial charge in [0.2, 0.25) is 11.2 Å². The summed E-state index contributed by atoms with van der Waals surface area (Å²) in [4.78, 5) is 24.5. The van der Waals surface area contributed by atoms with Gasteiger partial charge in [-0.3, -0.25) is 4.79 Å². The summed E-state index contributed by atoms with van der Waals surface area (Å²) in [6.07, 6.45) is 0. The molecule has 0 amide bonds. The minimum Gasteiger partial charge on any atom is -0.497 e. The maximum atomic E-state index is 13.2. The van der Waals surface area contributed by atoms with Crippen molar-refractivity contribution in [1.29, 1.82) is 0 Å². The monoisotopic (exact) mass is 436 g/mol. The summed E-state index contributed by atoms with van der Waals surface area (Å²) in [5.41, 5.74) is 1.37. The number of carboxylic acids is 1. The van der Waals surface area contributed by atoms with Crippen LogP contribution >= 0.6 is 11.6 Å². The molecule has 6 nitrogen and oxygen atoms in total. The van der Waals surface area contributed by atoms with Gasteiger partial charge in [0.05, 0.1) is 18.1 Å². The molecule has 0 aliphatic carbocycles. The smallest absolute Gasteiger partial charge is 0.335 e. The van der Waals surface area contributed by atoms with Gasteiger partial charge in [0, 0.05) is 10.6 Å². The van der Waals surface area contributed by atoms with E-state index in [9.17, 15) is 14.7 Å². The predicted molar refractivity (Wildman–Crippen MR) is 117 cm³/mol. The molecule has 0 aliphatic rings. The molecular formula is C24H17ClO6. The van der Waals surface area contributed by atoms with E-state index in [0.717, 1.165) is 0 Å². The van der Waals surface area contributed by atoms with Crippen molar-refractivity contribution in [3.8, 4) is 22.8 Å². The number of hydrogen-bond donors (Lipinski definition) is 1. The number of ether oxygens (including phenoxy) is 2. The Morgan fingerprint density at radius 3 is 2.55 bits per heavy atom. The van der Waals surface area contributed by atoms with Crippen LogP contribution in [0.4, 0.5) is 0 Å². The number of benzene rings is 3. The van der Waals surface area contributed by atoms with Crippen LogP contribution in [-0.4, -0.2) is 18.2 Å². The van der Waals surface area contributed by atoms with Crippen LogP contribution < -0.4 is 14.9 Å². The van der Waals surface area contributed by atoms with Gasteiger partial charge in [-0.2, -0.15) is 0 Å².